The molecule has 1 aromatic carbocycles. The van der Waals surface area contributed by atoms with Gasteiger partial charge in [0.05, 0.1) is 6.10 Å². The molecule has 2 nitrogen and oxygen atoms in total. The van der Waals surface area contributed by atoms with E-state index in [1.807, 2.05) is 0 Å². The molecule has 0 aliphatic carbocycles. The quantitative estimate of drug-likeness (QED) is 0.779. The van der Waals surface area contributed by atoms with Gasteiger partial charge in [-0.15, -0.1) is 0 Å². The first-order valence-electron chi connectivity index (χ1n) is 7.84. The zero-order chi connectivity index (χ0) is 15.1. The molecule has 1 aromatic rings. The highest BCUT2D eigenvalue weighted by atomic mass is 16.3. The molecule has 0 aliphatic heterocycles. The maximum absolute atomic E-state index is 10.3. The van der Waals surface area contributed by atoms with Gasteiger partial charge in [0.15, 0.2) is 0 Å². The van der Waals surface area contributed by atoms with Crippen molar-refractivity contribution in [2.45, 2.75) is 46.6 Å². The summed E-state index contributed by atoms with van der Waals surface area (Å²) >= 11 is 0. The fraction of sp³-hybridized carbons (Fsp3) is 0.667. The van der Waals surface area contributed by atoms with E-state index in [1.54, 1.807) is 0 Å². The largest absolute Gasteiger partial charge is 0.387 e. The summed E-state index contributed by atoms with van der Waals surface area (Å²) in [6.07, 6.45) is 1.89. The van der Waals surface area contributed by atoms with Gasteiger partial charge >= 0.3 is 0 Å². The topological polar surface area (TPSA) is 23.5 Å². The summed E-state index contributed by atoms with van der Waals surface area (Å²) in [6.45, 7) is 10.7. The van der Waals surface area contributed by atoms with Crippen LogP contribution < -0.4 is 0 Å². The molecule has 0 fully saturated rings. The number of benzene rings is 1. The first-order valence-corrected chi connectivity index (χ1v) is 7.84. The van der Waals surface area contributed by atoms with Crippen molar-refractivity contribution in [1.82, 2.24) is 4.90 Å². The Labute approximate surface area is 124 Å². The molecule has 0 radical (unpaired) electrons. The number of hydrogen-bond acceptors (Lipinski definition) is 2. The summed E-state index contributed by atoms with van der Waals surface area (Å²) in [7, 11) is 2.08. The first-order chi connectivity index (χ1) is 9.38. The van der Waals surface area contributed by atoms with E-state index >= 15 is 0 Å². The monoisotopic (exact) mass is 277 g/mol. The van der Waals surface area contributed by atoms with E-state index in [1.165, 1.54) is 12.0 Å². The van der Waals surface area contributed by atoms with Crippen molar-refractivity contribution < 1.29 is 5.11 Å². The standard InChI is InChI=1S/C18H31NO/c1-14(2)10-11-19(5)13-18(20)17-8-6-16(7-9-17)12-15(3)4/h6-9,14-15,18,20H,10-13H2,1-5H3. The molecular weight excluding hydrogens is 246 g/mol. The number of aliphatic hydroxyl groups excluding tert-OH is 1. The Balaban J connectivity index is 2.48. The van der Waals surface area contributed by atoms with Crippen molar-refractivity contribution in [3.05, 3.63) is 35.4 Å². The molecule has 0 saturated heterocycles. The summed E-state index contributed by atoms with van der Waals surface area (Å²) < 4.78 is 0. The van der Waals surface area contributed by atoms with Crippen LogP contribution in [0.2, 0.25) is 0 Å². The van der Waals surface area contributed by atoms with Crippen LogP contribution >= 0.6 is 0 Å². The van der Waals surface area contributed by atoms with E-state index in [9.17, 15) is 5.11 Å². The van der Waals surface area contributed by atoms with Gasteiger partial charge in [0, 0.05) is 6.54 Å². The summed E-state index contributed by atoms with van der Waals surface area (Å²) in [5.74, 6) is 1.39. The Morgan fingerprint density at radius 1 is 1.00 bits per heavy atom. The zero-order valence-electron chi connectivity index (χ0n) is 13.8. The molecule has 0 bridgehead atoms. The van der Waals surface area contributed by atoms with E-state index in [0.717, 1.165) is 18.5 Å². The fourth-order valence-corrected chi connectivity index (χ4v) is 2.32. The van der Waals surface area contributed by atoms with Gasteiger partial charge in [0.25, 0.3) is 0 Å². The van der Waals surface area contributed by atoms with Gasteiger partial charge in [-0.3, -0.25) is 0 Å². The molecule has 1 N–H and O–H groups in total. The molecule has 0 aliphatic rings. The second-order valence-corrected chi connectivity index (χ2v) is 6.80. The van der Waals surface area contributed by atoms with Gasteiger partial charge < -0.3 is 10.0 Å². The minimum Gasteiger partial charge on any atom is -0.387 e. The van der Waals surface area contributed by atoms with Crippen LogP contribution in [0, 0.1) is 11.8 Å². The lowest BCUT2D eigenvalue weighted by molar-refractivity contribution is 0.124. The molecule has 0 spiro atoms. The van der Waals surface area contributed by atoms with Crippen LogP contribution in [-0.2, 0) is 6.42 Å². The summed E-state index contributed by atoms with van der Waals surface area (Å²) in [4.78, 5) is 2.21. The van der Waals surface area contributed by atoms with Gasteiger partial charge in [0.2, 0.25) is 0 Å². The number of nitrogens with zero attached hydrogens (tertiary/aromatic N) is 1. The second-order valence-electron chi connectivity index (χ2n) is 6.80. The van der Waals surface area contributed by atoms with Crippen LogP contribution in [0.1, 0.15) is 51.3 Å². The molecule has 114 valence electrons. The third-order valence-corrected chi connectivity index (χ3v) is 3.58. The van der Waals surface area contributed by atoms with Crippen molar-refractivity contribution in [3.63, 3.8) is 0 Å². The lowest BCUT2D eigenvalue weighted by Crippen LogP contribution is -2.26. The predicted molar refractivity (Wildman–Crippen MR) is 86.9 cm³/mol. The Bertz CT molecular complexity index is 370. The van der Waals surface area contributed by atoms with Crippen molar-refractivity contribution in [2.24, 2.45) is 11.8 Å². The predicted octanol–water partition coefficient (Wildman–Crippen LogP) is 3.90. The highest BCUT2D eigenvalue weighted by Crippen LogP contribution is 2.17. The molecule has 0 amide bonds. The average Bonchev–Trinajstić information content (AvgIpc) is 2.36. The van der Waals surface area contributed by atoms with Gasteiger partial charge in [-0.2, -0.15) is 0 Å². The van der Waals surface area contributed by atoms with E-state index in [-0.39, 0.29) is 6.10 Å². The van der Waals surface area contributed by atoms with Crippen molar-refractivity contribution in [2.75, 3.05) is 20.1 Å². The smallest absolute Gasteiger partial charge is 0.0916 e. The van der Waals surface area contributed by atoms with E-state index in [2.05, 4.69) is 63.9 Å². The van der Waals surface area contributed by atoms with Crippen molar-refractivity contribution >= 4 is 0 Å². The summed E-state index contributed by atoms with van der Waals surface area (Å²) in [6, 6.07) is 8.43. The number of rotatable bonds is 8. The molecule has 1 atom stereocenters. The Morgan fingerprint density at radius 3 is 2.10 bits per heavy atom. The minimum atomic E-state index is -0.389. The summed E-state index contributed by atoms with van der Waals surface area (Å²) in [5, 5.41) is 10.3. The lowest BCUT2D eigenvalue weighted by atomic mass is 10.00. The average molecular weight is 277 g/mol. The Hall–Kier alpha value is -0.860. The maximum atomic E-state index is 10.3. The van der Waals surface area contributed by atoms with Gasteiger partial charge in [-0.1, -0.05) is 52.0 Å². The lowest BCUT2D eigenvalue weighted by Gasteiger charge is -2.21. The van der Waals surface area contributed by atoms with E-state index in [4.69, 9.17) is 0 Å². The molecule has 0 saturated carbocycles. The van der Waals surface area contributed by atoms with Crippen LogP contribution in [-0.4, -0.2) is 30.1 Å². The zero-order valence-corrected chi connectivity index (χ0v) is 13.8. The molecule has 1 rings (SSSR count). The van der Waals surface area contributed by atoms with E-state index < -0.39 is 0 Å². The number of likely N-dealkylation sites (N-methyl/N-ethyl adjacent to an activating group) is 1. The minimum absolute atomic E-state index is 0.389. The van der Waals surface area contributed by atoms with Crippen LogP contribution in [0.4, 0.5) is 0 Å². The summed E-state index contributed by atoms with van der Waals surface area (Å²) in [5.41, 5.74) is 2.37. The molecule has 20 heavy (non-hydrogen) atoms. The highest BCUT2D eigenvalue weighted by Gasteiger charge is 2.11. The van der Waals surface area contributed by atoms with Crippen LogP contribution in [0.25, 0.3) is 0 Å². The Morgan fingerprint density at radius 2 is 1.60 bits per heavy atom. The van der Waals surface area contributed by atoms with Crippen molar-refractivity contribution in [1.29, 1.82) is 0 Å². The normalized spacial score (nSPS) is 13.4. The van der Waals surface area contributed by atoms with Crippen molar-refractivity contribution in [3.8, 4) is 0 Å². The third kappa shape index (κ3) is 6.53. The van der Waals surface area contributed by atoms with Gasteiger partial charge in [-0.25, -0.2) is 0 Å². The van der Waals surface area contributed by atoms with Gasteiger partial charge in [-0.05, 0) is 49.4 Å². The number of aliphatic hydroxyl groups is 1. The van der Waals surface area contributed by atoms with E-state index in [0.29, 0.717) is 18.4 Å². The molecular formula is C18H31NO. The first kappa shape index (κ1) is 17.2. The maximum Gasteiger partial charge on any atom is 0.0916 e. The molecule has 0 heterocycles. The van der Waals surface area contributed by atoms with Crippen LogP contribution in [0.15, 0.2) is 24.3 Å². The molecule has 2 heteroatoms. The highest BCUT2D eigenvalue weighted by molar-refractivity contribution is 5.24. The molecule has 0 aromatic heterocycles. The van der Waals surface area contributed by atoms with Crippen LogP contribution in [0.3, 0.4) is 0 Å². The SMILES string of the molecule is CC(C)CCN(C)CC(O)c1ccc(CC(C)C)cc1. The Kier molecular flexibility index (Phi) is 7.25. The van der Waals surface area contributed by atoms with Crippen LogP contribution in [0.5, 0.6) is 0 Å². The van der Waals surface area contributed by atoms with Gasteiger partial charge in [0.1, 0.15) is 0 Å². The number of hydrogen-bond donors (Lipinski definition) is 1. The fourth-order valence-electron chi connectivity index (χ4n) is 2.32. The second kappa shape index (κ2) is 8.43. The third-order valence-electron chi connectivity index (χ3n) is 3.58. The molecule has 1 unspecified atom stereocenters.